The third-order valence-electron chi connectivity index (χ3n) is 3.63. The molecule has 1 heterocycles. The van der Waals surface area contributed by atoms with Crippen molar-refractivity contribution in [2.75, 3.05) is 33.2 Å². The molecule has 0 aromatic heterocycles. The van der Waals surface area contributed by atoms with Gasteiger partial charge in [0.15, 0.2) is 0 Å². The van der Waals surface area contributed by atoms with Crippen LogP contribution in [0.3, 0.4) is 0 Å². The van der Waals surface area contributed by atoms with E-state index in [1.54, 1.807) is 0 Å². The van der Waals surface area contributed by atoms with Crippen molar-refractivity contribution in [1.82, 2.24) is 9.80 Å². The predicted molar refractivity (Wildman–Crippen MR) is 69.3 cm³/mol. The van der Waals surface area contributed by atoms with E-state index in [1.165, 1.54) is 32.4 Å². The third kappa shape index (κ3) is 5.50. The fourth-order valence-corrected chi connectivity index (χ4v) is 2.53. The van der Waals surface area contributed by atoms with Gasteiger partial charge < -0.3 is 10.0 Å². The van der Waals surface area contributed by atoms with E-state index in [9.17, 15) is 4.79 Å². The minimum Gasteiger partial charge on any atom is -0.480 e. The van der Waals surface area contributed by atoms with E-state index in [0.717, 1.165) is 19.4 Å². The van der Waals surface area contributed by atoms with Crippen LogP contribution in [0.2, 0.25) is 0 Å². The standard InChI is InChI=1S/C13H26N2O2/c1-3-4-8-15-9-5-6-12(7-10-15)14(2)11-13(16)17/h12H,3-11H2,1-2H3,(H,16,17). The zero-order valence-corrected chi connectivity index (χ0v) is 11.2. The zero-order valence-electron chi connectivity index (χ0n) is 11.2. The lowest BCUT2D eigenvalue weighted by Crippen LogP contribution is -2.36. The normalized spacial score (nSPS) is 22.6. The van der Waals surface area contributed by atoms with Crippen LogP contribution in [0.25, 0.3) is 0 Å². The first-order valence-electron chi connectivity index (χ1n) is 6.78. The summed E-state index contributed by atoms with van der Waals surface area (Å²) in [5, 5.41) is 8.80. The Morgan fingerprint density at radius 1 is 1.41 bits per heavy atom. The molecule has 1 N–H and O–H groups in total. The van der Waals surface area contributed by atoms with Crippen molar-refractivity contribution in [3.8, 4) is 0 Å². The van der Waals surface area contributed by atoms with Crippen LogP contribution in [0.5, 0.6) is 0 Å². The van der Waals surface area contributed by atoms with E-state index >= 15 is 0 Å². The van der Waals surface area contributed by atoms with E-state index < -0.39 is 5.97 Å². The van der Waals surface area contributed by atoms with E-state index in [-0.39, 0.29) is 6.54 Å². The maximum absolute atomic E-state index is 10.7. The Morgan fingerprint density at radius 3 is 2.82 bits per heavy atom. The first-order chi connectivity index (χ1) is 8.13. The Labute approximate surface area is 105 Å². The van der Waals surface area contributed by atoms with Gasteiger partial charge in [-0.2, -0.15) is 0 Å². The van der Waals surface area contributed by atoms with Gasteiger partial charge in [-0.15, -0.1) is 0 Å². The molecule has 17 heavy (non-hydrogen) atoms. The molecule has 1 saturated heterocycles. The number of hydrogen-bond acceptors (Lipinski definition) is 3. The molecule has 1 aliphatic rings. The number of carbonyl (C=O) groups is 1. The molecule has 100 valence electrons. The van der Waals surface area contributed by atoms with Gasteiger partial charge >= 0.3 is 5.97 Å². The monoisotopic (exact) mass is 242 g/mol. The van der Waals surface area contributed by atoms with E-state index in [0.29, 0.717) is 6.04 Å². The molecule has 1 rings (SSSR count). The number of likely N-dealkylation sites (N-methyl/N-ethyl adjacent to an activating group) is 1. The Morgan fingerprint density at radius 2 is 2.18 bits per heavy atom. The number of aliphatic carboxylic acids is 1. The van der Waals surface area contributed by atoms with Crippen molar-refractivity contribution in [1.29, 1.82) is 0 Å². The molecule has 0 saturated carbocycles. The fraction of sp³-hybridized carbons (Fsp3) is 0.923. The SMILES string of the molecule is CCCCN1CCCC(N(C)CC(=O)O)CC1. The second-order valence-electron chi connectivity index (χ2n) is 5.09. The quantitative estimate of drug-likeness (QED) is 0.769. The lowest BCUT2D eigenvalue weighted by atomic mass is 10.1. The van der Waals surface area contributed by atoms with Crippen LogP contribution in [0.1, 0.15) is 39.0 Å². The summed E-state index contributed by atoms with van der Waals surface area (Å²) in [5.41, 5.74) is 0. The van der Waals surface area contributed by atoms with Gasteiger partial charge in [0.1, 0.15) is 0 Å². The first kappa shape index (κ1) is 14.5. The van der Waals surface area contributed by atoms with Crippen LogP contribution in [0.15, 0.2) is 0 Å². The van der Waals surface area contributed by atoms with Crippen molar-refractivity contribution >= 4 is 5.97 Å². The van der Waals surface area contributed by atoms with Gasteiger partial charge in [0.05, 0.1) is 6.54 Å². The minimum atomic E-state index is -0.723. The topological polar surface area (TPSA) is 43.8 Å². The van der Waals surface area contributed by atoms with Gasteiger partial charge in [-0.05, 0) is 52.4 Å². The molecule has 4 heteroatoms. The van der Waals surface area contributed by atoms with Gasteiger partial charge in [-0.1, -0.05) is 13.3 Å². The van der Waals surface area contributed by atoms with Crippen molar-refractivity contribution in [2.45, 2.75) is 45.1 Å². The van der Waals surface area contributed by atoms with Crippen LogP contribution in [-0.4, -0.2) is 60.1 Å². The molecule has 0 amide bonds. The fourth-order valence-electron chi connectivity index (χ4n) is 2.53. The number of unbranched alkanes of at least 4 members (excludes halogenated alkanes) is 1. The average Bonchev–Trinajstić information content (AvgIpc) is 2.50. The summed E-state index contributed by atoms with van der Waals surface area (Å²) in [6.07, 6.45) is 5.95. The minimum absolute atomic E-state index is 0.166. The van der Waals surface area contributed by atoms with Crippen molar-refractivity contribution < 1.29 is 9.90 Å². The van der Waals surface area contributed by atoms with Gasteiger partial charge in [-0.25, -0.2) is 0 Å². The molecule has 4 nitrogen and oxygen atoms in total. The van der Waals surface area contributed by atoms with E-state index in [2.05, 4.69) is 11.8 Å². The van der Waals surface area contributed by atoms with Crippen LogP contribution in [-0.2, 0) is 4.79 Å². The summed E-state index contributed by atoms with van der Waals surface area (Å²) in [6.45, 7) is 5.89. The molecule has 1 atom stereocenters. The summed E-state index contributed by atoms with van der Waals surface area (Å²) in [5.74, 6) is -0.723. The Balaban J connectivity index is 2.33. The second-order valence-corrected chi connectivity index (χ2v) is 5.09. The number of nitrogens with zero attached hydrogens (tertiary/aromatic N) is 2. The van der Waals surface area contributed by atoms with Crippen LogP contribution in [0.4, 0.5) is 0 Å². The van der Waals surface area contributed by atoms with Gasteiger partial charge in [0.25, 0.3) is 0 Å². The number of carboxylic acids is 1. The molecule has 0 bridgehead atoms. The summed E-state index contributed by atoms with van der Waals surface area (Å²) >= 11 is 0. The highest BCUT2D eigenvalue weighted by Crippen LogP contribution is 2.16. The molecule has 1 aliphatic heterocycles. The number of carboxylic acid groups (broad SMARTS) is 1. The molecule has 0 aliphatic carbocycles. The predicted octanol–water partition coefficient (Wildman–Crippen LogP) is 1.66. The molecule has 0 radical (unpaired) electrons. The maximum atomic E-state index is 10.7. The van der Waals surface area contributed by atoms with Crippen molar-refractivity contribution in [3.05, 3.63) is 0 Å². The number of likely N-dealkylation sites (tertiary alicyclic amines) is 1. The Bertz CT molecular complexity index is 233. The van der Waals surface area contributed by atoms with Gasteiger partial charge in [0, 0.05) is 6.04 Å². The second kappa shape index (κ2) is 7.67. The molecule has 1 fully saturated rings. The first-order valence-corrected chi connectivity index (χ1v) is 6.78. The molecule has 0 aromatic rings. The van der Waals surface area contributed by atoms with E-state index in [4.69, 9.17) is 5.11 Å². The number of hydrogen-bond donors (Lipinski definition) is 1. The van der Waals surface area contributed by atoms with Crippen LogP contribution in [0, 0.1) is 0 Å². The maximum Gasteiger partial charge on any atom is 0.317 e. The molecule has 0 aromatic carbocycles. The van der Waals surface area contributed by atoms with E-state index in [1.807, 2.05) is 11.9 Å². The van der Waals surface area contributed by atoms with Crippen molar-refractivity contribution in [3.63, 3.8) is 0 Å². The molecule has 0 spiro atoms. The van der Waals surface area contributed by atoms with Gasteiger partial charge in [-0.3, -0.25) is 9.69 Å². The lowest BCUT2D eigenvalue weighted by molar-refractivity contribution is -0.138. The van der Waals surface area contributed by atoms with Crippen LogP contribution >= 0.6 is 0 Å². The number of rotatable bonds is 6. The Hall–Kier alpha value is -0.610. The highest BCUT2D eigenvalue weighted by molar-refractivity contribution is 5.69. The van der Waals surface area contributed by atoms with Gasteiger partial charge in [0.2, 0.25) is 0 Å². The average molecular weight is 242 g/mol. The summed E-state index contributed by atoms with van der Waals surface area (Å²) in [6, 6.07) is 0.442. The zero-order chi connectivity index (χ0) is 12.7. The summed E-state index contributed by atoms with van der Waals surface area (Å²) in [4.78, 5) is 15.2. The van der Waals surface area contributed by atoms with Crippen LogP contribution < -0.4 is 0 Å². The lowest BCUT2D eigenvalue weighted by Gasteiger charge is -2.25. The molecular formula is C13H26N2O2. The highest BCUT2D eigenvalue weighted by atomic mass is 16.4. The summed E-state index contributed by atoms with van der Waals surface area (Å²) in [7, 11) is 1.93. The summed E-state index contributed by atoms with van der Waals surface area (Å²) < 4.78 is 0. The third-order valence-corrected chi connectivity index (χ3v) is 3.63. The largest absolute Gasteiger partial charge is 0.480 e. The smallest absolute Gasteiger partial charge is 0.317 e. The molecular weight excluding hydrogens is 216 g/mol. The Kier molecular flexibility index (Phi) is 6.52. The highest BCUT2D eigenvalue weighted by Gasteiger charge is 2.21. The van der Waals surface area contributed by atoms with Crippen molar-refractivity contribution in [2.24, 2.45) is 0 Å². The molecule has 1 unspecified atom stereocenters.